The molecule has 0 radical (unpaired) electrons. The first kappa shape index (κ1) is 17.1. The molecule has 0 aliphatic carbocycles. The summed E-state index contributed by atoms with van der Waals surface area (Å²) >= 11 is 5.83. The van der Waals surface area contributed by atoms with E-state index >= 15 is 0 Å². The SMILES string of the molecule is Fc1cccc(Cl)c1/C=N/Nc1nc2ccccc2nc1C(F)(F)F. The van der Waals surface area contributed by atoms with Crippen LogP contribution < -0.4 is 5.43 Å². The van der Waals surface area contributed by atoms with Crippen LogP contribution in [0.3, 0.4) is 0 Å². The normalized spacial score (nSPS) is 12.0. The monoisotopic (exact) mass is 368 g/mol. The Morgan fingerprint density at radius 3 is 2.32 bits per heavy atom. The van der Waals surface area contributed by atoms with Crippen LogP contribution in [0.4, 0.5) is 23.4 Å². The molecular weight excluding hydrogens is 360 g/mol. The first-order valence-corrected chi connectivity index (χ1v) is 7.31. The molecule has 0 unspecified atom stereocenters. The highest BCUT2D eigenvalue weighted by Crippen LogP contribution is 2.33. The van der Waals surface area contributed by atoms with E-state index < -0.39 is 23.5 Å². The maximum Gasteiger partial charge on any atom is 0.437 e. The highest BCUT2D eigenvalue weighted by molar-refractivity contribution is 6.33. The largest absolute Gasteiger partial charge is 0.437 e. The van der Waals surface area contributed by atoms with Gasteiger partial charge in [0, 0.05) is 5.56 Å². The van der Waals surface area contributed by atoms with E-state index in [9.17, 15) is 17.6 Å². The Morgan fingerprint density at radius 2 is 1.68 bits per heavy atom. The van der Waals surface area contributed by atoms with Gasteiger partial charge in [0.15, 0.2) is 11.5 Å². The predicted octanol–water partition coefficient (Wildman–Crippen LogP) is 4.89. The average Bonchev–Trinajstić information content (AvgIpc) is 2.56. The maximum absolute atomic E-state index is 13.6. The number of fused-ring (bicyclic) bond motifs is 1. The second-order valence-corrected chi connectivity index (χ2v) is 5.32. The molecule has 2 aromatic carbocycles. The molecule has 0 spiro atoms. The smallest absolute Gasteiger partial charge is 0.260 e. The lowest BCUT2D eigenvalue weighted by molar-refractivity contribution is -0.140. The summed E-state index contributed by atoms with van der Waals surface area (Å²) in [5.41, 5.74) is 1.25. The number of halogens is 5. The standard InChI is InChI=1S/C16H9ClF4N4/c17-10-4-3-5-11(18)9(10)8-22-25-15-14(16(19,20)21)23-12-6-1-2-7-13(12)24-15/h1-8H,(H,24,25)/b22-8+. The Hall–Kier alpha value is -2.74. The number of rotatable bonds is 3. The zero-order valence-corrected chi connectivity index (χ0v) is 13.1. The van der Waals surface area contributed by atoms with Gasteiger partial charge in [-0.2, -0.15) is 18.3 Å². The van der Waals surface area contributed by atoms with Crippen molar-refractivity contribution in [2.75, 3.05) is 5.43 Å². The molecule has 0 fully saturated rings. The topological polar surface area (TPSA) is 50.2 Å². The van der Waals surface area contributed by atoms with Gasteiger partial charge in [-0.05, 0) is 24.3 Å². The molecule has 3 rings (SSSR count). The zero-order valence-electron chi connectivity index (χ0n) is 12.4. The summed E-state index contributed by atoms with van der Waals surface area (Å²) in [5, 5.41) is 3.69. The number of hydrogen-bond acceptors (Lipinski definition) is 4. The summed E-state index contributed by atoms with van der Waals surface area (Å²) in [7, 11) is 0. The third-order valence-electron chi connectivity index (χ3n) is 3.20. The van der Waals surface area contributed by atoms with Crippen molar-refractivity contribution >= 4 is 34.7 Å². The summed E-state index contributed by atoms with van der Waals surface area (Å²) in [6.07, 6.45) is -3.75. The van der Waals surface area contributed by atoms with Gasteiger partial charge in [-0.3, -0.25) is 5.43 Å². The molecule has 3 aromatic rings. The van der Waals surface area contributed by atoms with Crippen LogP contribution in [0.15, 0.2) is 47.6 Å². The number of anilines is 1. The van der Waals surface area contributed by atoms with Crippen molar-refractivity contribution in [2.45, 2.75) is 6.18 Å². The molecule has 1 N–H and O–H groups in total. The highest BCUT2D eigenvalue weighted by Gasteiger charge is 2.37. The number of nitrogens with one attached hydrogen (secondary N) is 1. The van der Waals surface area contributed by atoms with Crippen LogP contribution in [0.2, 0.25) is 5.02 Å². The van der Waals surface area contributed by atoms with Crippen molar-refractivity contribution in [2.24, 2.45) is 5.10 Å². The summed E-state index contributed by atoms with van der Waals surface area (Å²) in [4.78, 5) is 7.47. The van der Waals surface area contributed by atoms with Crippen LogP contribution in [0, 0.1) is 5.82 Å². The van der Waals surface area contributed by atoms with Gasteiger partial charge >= 0.3 is 6.18 Å². The summed E-state index contributed by atoms with van der Waals surface area (Å²) < 4.78 is 53.2. The van der Waals surface area contributed by atoms with E-state index in [1.165, 1.54) is 24.3 Å². The van der Waals surface area contributed by atoms with Gasteiger partial charge in [0.05, 0.1) is 22.3 Å². The Bertz CT molecular complexity index is 936. The van der Waals surface area contributed by atoms with Gasteiger partial charge < -0.3 is 0 Å². The van der Waals surface area contributed by atoms with Crippen LogP contribution in [-0.2, 0) is 6.18 Å². The van der Waals surface area contributed by atoms with Gasteiger partial charge in [-0.15, -0.1) is 0 Å². The minimum atomic E-state index is -4.73. The lowest BCUT2D eigenvalue weighted by Crippen LogP contribution is -2.13. The third-order valence-corrected chi connectivity index (χ3v) is 3.53. The van der Waals surface area contributed by atoms with Crippen LogP contribution in [0.5, 0.6) is 0 Å². The van der Waals surface area contributed by atoms with Gasteiger partial charge in [0.1, 0.15) is 5.82 Å². The molecule has 0 saturated carbocycles. The van der Waals surface area contributed by atoms with Gasteiger partial charge in [-0.25, -0.2) is 14.4 Å². The molecule has 25 heavy (non-hydrogen) atoms. The summed E-state index contributed by atoms with van der Waals surface area (Å²) in [5.74, 6) is -1.24. The van der Waals surface area contributed by atoms with Crippen molar-refractivity contribution in [3.63, 3.8) is 0 Å². The fourth-order valence-electron chi connectivity index (χ4n) is 2.07. The lowest BCUT2D eigenvalue weighted by Gasteiger charge is -2.11. The number of hydrazone groups is 1. The number of aromatic nitrogens is 2. The zero-order chi connectivity index (χ0) is 18.0. The van der Waals surface area contributed by atoms with E-state index in [1.807, 2.05) is 0 Å². The van der Waals surface area contributed by atoms with Crippen molar-refractivity contribution in [1.82, 2.24) is 9.97 Å². The molecule has 0 amide bonds. The van der Waals surface area contributed by atoms with Gasteiger partial charge in [-0.1, -0.05) is 29.8 Å². The fourth-order valence-corrected chi connectivity index (χ4v) is 2.28. The van der Waals surface area contributed by atoms with E-state index in [4.69, 9.17) is 11.6 Å². The number of alkyl halides is 3. The first-order chi connectivity index (χ1) is 11.9. The minimum absolute atomic E-state index is 0.0565. The quantitative estimate of drug-likeness (QED) is 0.407. The number of para-hydroxylation sites is 2. The lowest BCUT2D eigenvalue weighted by atomic mass is 10.2. The average molecular weight is 369 g/mol. The molecular formula is C16H9ClF4N4. The Morgan fingerprint density at radius 1 is 1.00 bits per heavy atom. The minimum Gasteiger partial charge on any atom is -0.260 e. The third kappa shape index (κ3) is 3.69. The molecule has 0 atom stereocenters. The van der Waals surface area contributed by atoms with Gasteiger partial charge in [0.2, 0.25) is 0 Å². The van der Waals surface area contributed by atoms with Crippen LogP contribution in [0.25, 0.3) is 11.0 Å². The number of hydrogen-bond donors (Lipinski definition) is 1. The Kier molecular flexibility index (Phi) is 4.54. The molecule has 0 saturated heterocycles. The number of benzene rings is 2. The van der Waals surface area contributed by atoms with Crippen LogP contribution >= 0.6 is 11.6 Å². The molecule has 1 heterocycles. The van der Waals surface area contributed by atoms with Crippen LogP contribution in [-0.4, -0.2) is 16.2 Å². The van der Waals surface area contributed by atoms with Crippen LogP contribution in [0.1, 0.15) is 11.3 Å². The van der Waals surface area contributed by atoms with Crippen molar-refractivity contribution in [3.8, 4) is 0 Å². The van der Waals surface area contributed by atoms with E-state index in [0.717, 1.165) is 12.3 Å². The van der Waals surface area contributed by atoms with Gasteiger partial charge in [0.25, 0.3) is 0 Å². The fraction of sp³-hybridized carbons (Fsp3) is 0.0625. The predicted molar refractivity (Wildman–Crippen MR) is 87.2 cm³/mol. The summed E-state index contributed by atoms with van der Waals surface area (Å²) in [6, 6.07) is 10.1. The van der Waals surface area contributed by atoms with E-state index in [0.29, 0.717) is 0 Å². The van der Waals surface area contributed by atoms with Crippen molar-refractivity contribution < 1.29 is 17.6 Å². The Balaban J connectivity index is 1.99. The Labute approximate surface area is 144 Å². The summed E-state index contributed by atoms with van der Waals surface area (Å²) in [6.45, 7) is 0. The first-order valence-electron chi connectivity index (χ1n) is 6.93. The molecule has 1 aromatic heterocycles. The second kappa shape index (κ2) is 6.64. The van der Waals surface area contributed by atoms with Crippen molar-refractivity contribution in [3.05, 3.63) is 64.6 Å². The molecule has 0 bridgehead atoms. The molecule has 0 aliphatic rings. The highest BCUT2D eigenvalue weighted by atomic mass is 35.5. The number of nitrogens with zero attached hydrogens (tertiary/aromatic N) is 3. The van der Waals surface area contributed by atoms with E-state index in [-0.39, 0.29) is 21.6 Å². The molecule has 128 valence electrons. The second-order valence-electron chi connectivity index (χ2n) is 4.91. The molecule has 4 nitrogen and oxygen atoms in total. The van der Waals surface area contributed by atoms with E-state index in [2.05, 4.69) is 20.5 Å². The van der Waals surface area contributed by atoms with Crippen molar-refractivity contribution in [1.29, 1.82) is 0 Å². The van der Waals surface area contributed by atoms with E-state index in [1.54, 1.807) is 12.1 Å². The maximum atomic E-state index is 13.6. The molecule has 9 heteroatoms. The molecule has 0 aliphatic heterocycles.